The second-order valence-corrected chi connectivity index (χ2v) is 2.73. The van der Waals surface area contributed by atoms with Crippen molar-refractivity contribution in [3.8, 4) is 0 Å². The van der Waals surface area contributed by atoms with Crippen molar-refractivity contribution in [1.29, 1.82) is 0 Å². The van der Waals surface area contributed by atoms with E-state index in [0.29, 0.717) is 6.61 Å². The molecule has 0 rings (SSSR count). The summed E-state index contributed by atoms with van der Waals surface area (Å²) in [5.74, 6) is 0.674. The maximum atomic E-state index is 9.82. The molecule has 0 N–H and O–H groups in total. The Bertz CT molecular complexity index is 87.6. The van der Waals surface area contributed by atoms with Gasteiger partial charge in [-0.2, -0.15) is 0 Å². The van der Waals surface area contributed by atoms with Gasteiger partial charge in [0.25, 0.3) is 0 Å². The van der Waals surface area contributed by atoms with Crippen molar-refractivity contribution in [2.45, 2.75) is 41.0 Å². The van der Waals surface area contributed by atoms with Crippen LogP contribution >= 0.6 is 0 Å². The lowest BCUT2D eigenvalue weighted by molar-refractivity contribution is -0.140. The van der Waals surface area contributed by atoms with Crippen LogP contribution in [0.5, 0.6) is 0 Å². The number of carbonyl (C=O) groups excluding carboxylic acids is 1. The summed E-state index contributed by atoms with van der Waals surface area (Å²) in [6, 6.07) is 0. The first-order valence-corrected chi connectivity index (χ1v) is 4.17. The molecule has 0 atom stereocenters. The quantitative estimate of drug-likeness (QED) is 0.580. The number of hydrogen-bond acceptors (Lipinski definition) is 2. The molecule has 0 aromatic carbocycles. The lowest BCUT2D eigenvalue weighted by Gasteiger charge is -1.90. The van der Waals surface area contributed by atoms with E-state index in [1.165, 1.54) is 13.3 Å². The van der Waals surface area contributed by atoms with Crippen molar-refractivity contribution in [3.05, 3.63) is 0 Å². The highest BCUT2D eigenvalue weighted by Crippen LogP contribution is 1.93. The standard InChI is InChI=1S/C5H12.C4H8O2/c1-4-5(2)3;1-3-6-4(2)5/h5H,4H2,1-3H3;3H2,1-2H3. The zero-order valence-electron chi connectivity index (χ0n) is 8.31. The third kappa shape index (κ3) is 26.4. The zero-order chi connectivity index (χ0) is 9.28. The summed E-state index contributed by atoms with van der Waals surface area (Å²) in [7, 11) is 0. The first kappa shape index (κ1) is 13.1. The van der Waals surface area contributed by atoms with Crippen LogP contribution in [0.15, 0.2) is 0 Å². The minimum atomic E-state index is -0.211. The van der Waals surface area contributed by atoms with Gasteiger partial charge in [-0.05, 0) is 12.8 Å². The number of carbonyl (C=O) groups is 1. The molecule has 0 fully saturated rings. The molecular weight excluding hydrogens is 140 g/mol. The molecule has 0 unspecified atom stereocenters. The van der Waals surface area contributed by atoms with Gasteiger partial charge in [0.15, 0.2) is 0 Å². The first-order valence-electron chi connectivity index (χ1n) is 4.17. The minimum Gasteiger partial charge on any atom is -0.466 e. The Kier molecular flexibility index (Phi) is 11.3. The third-order valence-corrected chi connectivity index (χ3v) is 1.16. The van der Waals surface area contributed by atoms with E-state index in [2.05, 4.69) is 25.5 Å². The number of esters is 1. The summed E-state index contributed by atoms with van der Waals surface area (Å²) >= 11 is 0. The Balaban J connectivity index is 0. The highest BCUT2D eigenvalue weighted by atomic mass is 16.5. The fourth-order valence-corrected chi connectivity index (χ4v) is 0.203. The predicted molar refractivity (Wildman–Crippen MR) is 47.4 cm³/mol. The SMILES string of the molecule is CCC(C)C.CCOC(C)=O. The summed E-state index contributed by atoms with van der Waals surface area (Å²) in [6.45, 7) is 10.3. The van der Waals surface area contributed by atoms with Gasteiger partial charge in [0.1, 0.15) is 0 Å². The summed E-state index contributed by atoms with van der Waals surface area (Å²) < 4.78 is 4.40. The lowest BCUT2D eigenvalue weighted by Crippen LogP contribution is -1.95. The lowest BCUT2D eigenvalue weighted by atomic mass is 10.2. The average molecular weight is 160 g/mol. The van der Waals surface area contributed by atoms with Gasteiger partial charge < -0.3 is 4.74 Å². The molecule has 0 amide bonds. The molecule has 11 heavy (non-hydrogen) atoms. The Morgan fingerprint density at radius 2 is 1.73 bits per heavy atom. The van der Waals surface area contributed by atoms with Gasteiger partial charge in [-0.3, -0.25) is 4.79 Å². The molecule has 2 heteroatoms. The van der Waals surface area contributed by atoms with E-state index < -0.39 is 0 Å². The van der Waals surface area contributed by atoms with Gasteiger partial charge in [0.2, 0.25) is 0 Å². The van der Waals surface area contributed by atoms with Crippen molar-refractivity contribution < 1.29 is 9.53 Å². The predicted octanol–water partition coefficient (Wildman–Crippen LogP) is 2.62. The molecule has 0 aromatic heterocycles. The molecule has 2 nitrogen and oxygen atoms in total. The second-order valence-electron chi connectivity index (χ2n) is 2.73. The van der Waals surface area contributed by atoms with Crippen molar-refractivity contribution in [2.75, 3.05) is 6.61 Å². The highest BCUT2D eigenvalue weighted by molar-refractivity contribution is 5.65. The van der Waals surface area contributed by atoms with Gasteiger partial charge in [-0.25, -0.2) is 0 Å². The van der Waals surface area contributed by atoms with Crippen molar-refractivity contribution >= 4 is 5.97 Å². The fraction of sp³-hybridized carbons (Fsp3) is 0.889. The van der Waals surface area contributed by atoms with Crippen LogP contribution in [0.3, 0.4) is 0 Å². The molecule has 0 spiro atoms. The molecule has 0 saturated heterocycles. The van der Waals surface area contributed by atoms with Crippen molar-refractivity contribution in [2.24, 2.45) is 5.92 Å². The average Bonchev–Trinajstić information content (AvgIpc) is 1.89. The minimum absolute atomic E-state index is 0.211. The molecule has 0 radical (unpaired) electrons. The maximum Gasteiger partial charge on any atom is 0.302 e. The number of ether oxygens (including phenoxy) is 1. The molecule has 0 saturated carbocycles. The van der Waals surface area contributed by atoms with E-state index >= 15 is 0 Å². The Morgan fingerprint density at radius 1 is 1.36 bits per heavy atom. The zero-order valence-corrected chi connectivity index (χ0v) is 8.31. The van der Waals surface area contributed by atoms with Gasteiger partial charge in [0, 0.05) is 6.92 Å². The number of hydrogen-bond donors (Lipinski definition) is 0. The molecule has 0 aliphatic rings. The van der Waals surface area contributed by atoms with Gasteiger partial charge in [0.05, 0.1) is 6.61 Å². The Morgan fingerprint density at radius 3 is 1.73 bits per heavy atom. The molecule has 0 aliphatic heterocycles. The van der Waals surface area contributed by atoms with E-state index in [0.717, 1.165) is 5.92 Å². The van der Waals surface area contributed by atoms with Crippen molar-refractivity contribution in [3.63, 3.8) is 0 Å². The van der Waals surface area contributed by atoms with Gasteiger partial charge >= 0.3 is 5.97 Å². The summed E-state index contributed by atoms with van der Waals surface area (Å²) in [6.07, 6.45) is 1.31. The monoisotopic (exact) mass is 160 g/mol. The molecular formula is C9H20O2. The summed E-state index contributed by atoms with van der Waals surface area (Å²) in [5, 5.41) is 0. The molecule has 0 heterocycles. The molecule has 0 aliphatic carbocycles. The first-order chi connectivity index (χ1) is 5.04. The van der Waals surface area contributed by atoms with Gasteiger partial charge in [-0.15, -0.1) is 0 Å². The van der Waals surface area contributed by atoms with Crippen LogP contribution in [0.2, 0.25) is 0 Å². The van der Waals surface area contributed by atoms with E-state index in [1.54, 1.807) is 6.92 Å². The van der Waals surface area contributed by atoms with Crippen molar-refractivity contribution in [1.82, 2.24) is 0 Å². The normalized spacial score (nSPS) is 8.55. The van der Waals surface area contributed by atoms with Gasteiger partial charge in [-0.1, -0.05) is 27.2 Å². The maximum absolute atomic E-state index is 9.82. The molecule has 0 bridgehead atoms. The van der Waals surface area contributed by atoms with Crippen LogP contribution in [0.4, 0.5) is 0 Å². The summed E-state index contributed by atoms with van der Waals surface area (Å²) in [4.78, 5) is 9.82. The van der Waals surface area contributed by atoms with E-state index in [-0.39, 0.29) is 5.97 Å². The third-order valence-electron chi connectivity index (χ3n) is 1.16. The van der Waals surface area contributed by atoms with Crippen LogP contribution in [0.1, 0.15) is 41.0 Å². The highest BCUT2D eigenvalue weighted by Gasteiger charge is 1.81. The van der Waals surface area contributed by atoms with Crippen LogP contribution in [0.25, 0.3) is 0 Å². The largest absolute Gasteiger partial charge is 0.466 e. The van der Waals surface area contributed by atoms with E-state index in [1.807, 2.05) is 0 Å². The topological polar surface area (TPSA) is 26.3 Å². The molecule has 0 aromatic rings. The summed E-state index contributed by atoms with van der Waals surface area (Å²) in [5.41, 5.74) is 0. The number of rotatable bonds is 2. The fourth-order valence-electron chi connectivity index (χ4n) is 0.203. The van der Waals surface area contributed by atoms with Crippen LogP contribution in [0, 0.1) is 5.92 Å². The Hall–Kier alpha value is -0.530. The second kappa shape index (κ2) is 9.47. The van der Waals surface area contributed by atoms with Crippen LogP contribution < -0.4 is 0 Å². The van der Waals surface area contributed by atoms with Crippen LogP contribution in [-0.2, 0) is 9.53 Å². The Labute approximate surface area is 69.9 Å². The van der Waals surface area contributed by atoms with E-state index in [9.17, 15) is 4.79 Å². The smallest absolute Gasteiger partial charge is 0.302 e. The van der Waals surface area contributed by atoms with Crippen LogP contribution in [-0.4, -0.2) is 12.6 Å². The van der Waals surface area contributed by atoms with E-state index in [4.69, 9.17) is 0 Å². The molecule has 68 valence electrons.